The van der Waals surface area contributed by atoms with Gasteiger partial charge in [-0.25, -0.2) is 0 Å². The molecule has 1 rings (SSSR count). The predicted octanol–water partition coefficient (Wildman–Crippen LogP) is 2.63. The second-order valence-electron chi connectivity index (χ2n) is 4.76. The summed E-state index contributed by atoms with van der Waals surface area (Å²) in [5.41, 5.74) is 7.11. The van der Waals surface area contributed by atoms with Crippen molar-refractivity contribution in [2.45, 2.75) is 39.2 Å². The van der Waals surface area contributed by atoms with E-state index in [0.717, 1.165) is 18.5 Å². The molecule has 0 amide bonds. The third-order valence-corrected chi connectivity index (χ3v) is 3.09. The zero-order valence-electron chi connectivity index (χ0n) is 11.5. The summed E-state index contributed by atoms with van der Waals surface area (Å²) in [7, 11) is 0. The Balaban J connectivity index is 2.89. The molecule has 0 bridgehead atoms. The zero-order valence-corrected chi connectivity index (χ0v) is 11.5. The van der Waals surface area contributed by atoms with Gasteiger partial charge in [0.15, 0.2) is 0 Å². The van der Waals surface area contributed by atoms with E-state index in [1.807, 2.05) is 32.0 Å². The number of nitrogens with one attached hydrogen (secondary N) is 1. The summed E-state index contributed by atoms with van der Waals surface area (Å²) < 4.78 is 5.58. The van der Waals surface area contributed by atoms with Crippen LogP contribution in [0.2, 0.25) is 0 Å². The molecule has 1 atom stereocenters. The van der Waals surface area contributed by atoms with Crippen LogP contribution in [-0.2, 0) is 0 Å². The lowest BCUT2D eigenvalue weighted by atomic mass is 9.99. The van der Waals surface area contributed by atoms with Crippen LogP contribution in [0.4, 0.5) is 11.4 Å². The van der Waals surface area contributed by atoms with Gasteiger partial charge in [-0.2, -0.15) is 0 Å². The topological polar surface area (TPSA) is 67.5 Å². The molecule has 0 aliphatic carbocycles. The number of aliphatic hydroxyl groups excluding tert-OH is 1. The fraction of sp³-hybridized carbons (Fsp3) is 0.571. The summed E-state index contributed by atoms with van der Waals surface area (Å²) in [5.74, 6) is 0.693. The quantitative estimate of drug-likeness (QED) is 0.653. The van der Waals surface area contributed by atoms with Gasteiger partial charge in [-0.3, -0.25) is 0 Å². The van der Waals surface area contributed by atoms with Crippen LogP contribution in [-0.4, -0.2) is 23.9 Å². The molecule has 1 aromatic carbocycles. The van der Waals surface area contributed by atoms with Crippen molar-refractivity contribution in [2.24, 2.45) is 0 Å². The highest BCUT2D eigenvalue weighted by Crippen LogP contribution is 2.31. The summed E-state index contributed by atoms with van der Waals surface area (Å²) in [6.07, 6.45) is 1.75. The SMILES string of the molecule is CCCOc1cccc(NC(C)(CC)CO)c1N. The molecule has 0 aliphatic rings. The first-order chi connectivity index (χ1) is 8.56. The summed E-state index contributed by atoms with van der Waals surface area (Å²) in [4.78, 5) is 0. The van der Waals surface area contributed by atoms with Crippen molar-refractivity contribution < 1.29 is 9.84 Å². The number of hydrogen-bond donors (Lipinski definition) is 3. The Hall–Kier alpha value is -1.42. The van der Waals surface area contributed by atoms with E-state index in [0.29, 0.717) is 18.0 Å². The molecule has 0 radical (unpaired) electrons. The lowest BCUT2D eigenvalue weighted by molar-refractivity contribution is 0.219. The Morgan fingerprint density at radius 1 is 1.39 bits per heavy atom. The van der Waals surface area contributed by atoms with E-state index in [-0.39, 0.29) is 12.1 Å². The number of rotatable bonds is 7. The molecular weight excluding hydrogens is 228 g/mol. The monoisotopic (exact) mass is 252 g/mol. The third-order valence-electron chi connectivity index (χ3n) is 3.09. The van der Waals surface area contributed by atoms with Crippen molar-refractivity contribution in [1.82, 2.24) is 0 Å². The van der Waals surface area contributed by atoms with Gasteiger partial charge in [-0.05, 0) is 31.9 Å². The van der Waals surface area contributed by atoms with Gasteiger partial charge in [0, 0.05) is 0 Å². The average molecular weight is 252 g/mol. The van der Waals surface area contributed by atoms with Crippen LogP contribution in [0.5, 0.6) is 5.75 Å². The van der Waals surface area contributed by atoms with Crippen molar-refractivity contribution in [3.8, 4) is 5.75 Å². The second-order valence-corrected chi connectivity index (χ2v) is 4.76. The van der Waals surface area contributed by atoms with Gasteiger partial charge < -0.3 is 20.9 Å². The van der Waals surface area contributed by atoms with Gasteiger partial charge in [-0.15, -0.1) is 0 Å². The van der Waals surface area contributed by atoms with Gasteiger partial charge in [0.2, 0.25) is 0 Å². The molecule has 0 fully saturated rings. The van der Waals surface area contributed by atoms with Crippen molar-refractivity contribution in [3.63, 3.8) is 0 Å². The fourth-order valence-electron chi connectivity index (χ4n) is 1.56. The van der Waals surface area contributed by atoms with E-state index in [1.165, 1.54) is 0 Å². The minimum Gasteiger partial charge on any atom is -0.491 e. The Morgan fingerprint density at radius 2 is 2.11 bits per heavy atom. The van der Waals surface area contributed by atoms with Gasteiger partial charge in [0.25, 0.3) is 0 Å². The van der Waals surface area contributed by atoms with E-state index in [4.69, 9.17) is 10.5 Å². The normalized spacial score (nSPS) is 14.0. The van der Waals surface area contributed by atoms with Gasteiger partial charge >= 0.3 is 0 Å². The van der Waals surface area contributed by atoms with Gasteiger partial charge in [-0.1, -0.05) is 19.9 Å². The minimum absolute atomic E-state index is 0.0585. The standard InChI is InChI=1S/C14H24N2O2/c1-4-9-18-12-8-6-7-11(13(12)15)16-14(3,5-2)10-17/h6-8,16-17H,4-5,9-10,15H2,1-3H3. The molecule has 102 valence electrons. The highest BCUT2D eigenvalue weighted by atomic mass is 16.5. The summed E-state index contributed by atoms with van der Waals surface area (Å²) in [5, 5.41) is 12.7. The van der Waals surface area contributed by atoms with E-state index in [1.54, 1.807) is 0 Å². The van der Waals surface area contributed by atoms with Crippen LogP contribution < -0.4 is 15.8 Å². The molecule has 0 spiro atoms. The molecule has 0 heterocycles. The zero-order chi connectivity index (χ0) is 13.6. The number of aliphatic hydroxyl groups is 1. The van der Waals surface area contributed by atoms with Gasteiger partial charge in [0.1, 0.15) is 5.75 Å². The smallest absolute Gasteiger partial charge is 0.144 e. The second kappa shape index (κ2) is 6.50. The van der Waals surface area contributed by atoms with Gasteiger partial charge in [0.05, 0.1) is 30.1 Å². The lowest BCUT2D eigenvalue weighted by Gasteiger charge is -2.29. The lowest BCUT2D eigenvalue weighted by Crippen LogP contribution is -2.38. The van der Waals surface area contributed by atoms with Crippen molar-refractivity contribution in [2.75, 3.05) is 24.3 Å². The number of nitrogens with two attached hydrogens (primary N) is 1. The molecule has 0 saturated heterocycles. The highest BCUT2D eigenvalue weighted by Gasteiger charge is 2.21. The van der Waals surface area contributed by atoms with Crippen molar-refractivity contribution >= 4 is 11.4 Å². The predicted molar refractivity (Wildman–Crippen MR) is 76.0 cm³/mol. The number of ether oxygens (including phenoxy) is 1. The fourth-order valence-corrected chi connectivity index (χ4v) is 1.56. The summed E-state index contributed by atoms with van der Waals surface area (Å²) in [6, 6.07) is 5.66. The molecule has 18 heavy (non-hydrogen) atoms. The minimum atomic E-state index is -0.364. The number of hydrogen-bond acceptors (Lipinski definition) is 4. The maximum Gasteiger partial charge on any atom is 0.144 e. The van der Waals surface area contributed by atoms with Crippen LogP contribution in [0.1, 0.15) is 33.6 Å². The van der Waals surface area contributed by atoms with E-state index in [9.17, 15) is 5.11 Å². The molecular formula is C14H24N2O2. The third kappa shape index (κ3) is 3.53. The Kier molecular flexibility index (Phi) is 5.28. The molecule has 4 heteroatoms. The highest BCUT2D eigenvalue weighted by molar-refractivity contribution is 5.73. The average Bonchev–Trinajstić information content (AvgIpc) is 2.39. The number of anilines is 2. The number of para-hydroxylation sites is 1. The first kappa shape index (κ1) is 14.6. The van der Waals surface area contributed by atoms with E-state index >= 15 is 0 Å². The largest absolute Gasteiger partial charge is 0.491 e. The number of benzene rings is 1. The molecule has 1 aromatic rings. The van der Waals surface area contributed by atoms with Crippen LogP contribution >= 0.6 is 0 Å². The summed E-state index contributed by atoms with van der Waals surface area (Å²) >= 11 is 0. The van der Waals surface area contributed by atoms with E-state index in [2.05, 4.69) is 12.2 Å². The van der Waals surface area contributed by atoms with Crippen molar-refractivity contribution in [3.05, 3.63) is 18.2 Å². The molecule has 1 unspecified atom stereocenters. The van der Waals surface area contributed by atoms with Crippen LogP contribution in [0, 0.1) is 0 Å². The van der Waals surface area contributed by atoms with E-state index < -0.39 is 0 Å². The maximum atomic E-state index is 9.41. The first-order valence-electron chi connectivity index (χ1n) is 6.46. The Bertz CT molecular complexity index is 376. The molecule has 0 saturated carbocycles. The van der Waals surface area contributed by atoms with Crippen LogP contribution in [0.25, 0.3) is 0 Å². The van der Waals surface area contributed by atoms with Crippen molar-refractivity contribution in [1.29, 1.82) is 0 Å². The Morgan fingerprint density at radius 3 is 2.67 bits per heavy atom. The molecule has 0 aromatic heterocycles. The maximum absolute atomic E-state index is 9.41. The van der Waals surface area contributed by atoms with Crippen LogP contribution in [0.3, 0.4) is 0 Å². The molecule has 4 N–H and O–H groups in total. The Labute approximate surface area is 109 Å². The first-order valence-corrected chi connectivity index (χ1v) is 6.46. The molecule has 4 nitrogen and oxygen atoms in total. The summed E-state index contributed by atoms with van der Waals surface area (Å²) in [6.45, 7) is 6.75. The van der Waals surface area contributed by atoms with Crippen LogP contribution in [0.15, 0.2) is 18.2 Å². The molecule has 0 aliphatic heterocycles. The number of nitrogen functional groups attached to an aromatic ring is 1.